The highest BCUT2D eigenvalue weighted by Gasteiger charge is 2.23. The van der Waals surface area contributed by atoms with Gasteiger partial charge in [0, 0.05) is 38.1 Å². The van der Waals surface area contributed by atoms with Gasteiger partial charge in [-0.05, 0) is 56.0 Å². The lowest BCUT2D eigenvalue weighted by atomic mass is 9.91. The molecule has 1 fully saturated rings. The summed E-state index contributed by atoms with van der Waals surface area (Å²) in [6.07, 6.45) is 5.43. The molecule has 8 nitrogen and oxygen atoms in total. The number of carbonyl (C=O) groups is 1. The molecule has 0 unspecified atom stereocenters. The van der Waals surface area contributed by atoms with Gasteiger partial charge >= 0.3 is 6.03 Å². The lowest BCUT2D eigenvalue weighted by molar-refractivity contribution is 0.243. The van der Waals surface area contributed by atoms with E-state index in [4.69, 9.17) is 5.26 Å². The van der Waals surface area contributed by atoms with Crippen molar-refractivity contribution in [2.75, 3.05) is 29.6 Å². The fourth-order valence-corrected chi connectivity index (χ4v) is 3.21. The van der Waals surface area contributed by atoms with Crippen LogP contribution in [0, 0.1) is 11.3 Å². The van der Waals surface area contributed by atoms with Gasteiger partial charge in [-0.1, -0.05) is 0 Å². The maximum Gasteiger partial charge on any atom is 0.319 e. The first-order chi connectivity index (χ1) is 13.5. The molecule has 28 heavy (non-hydrogen) atoms. The third-order valence-corrected chi connectivity index (χ3v) is 4.77. The van der Waals surface area contributed by atoms with E-state index in [1.165, 1.54) is 0 Å². The number of hydrogen-bond donors (Lipinski definition) is 3. The number of nitriles is 1. The van der Waals surface area contributed by atoms with E-state index in [-0.39, 0.29) is 12.1 Å². The minimum atomic E-state index is -0.219. The molecule has 2 aromatic rings. The van der Waals surface area contributed by atoms with Crippen molar-refractivity contribution >= 4 is 23.5 Å². The lowest BCUT2D eigenvalue weighted by Gasteiger charge is -2.29. The quantitative estimate of drug-likeness (QED) is 0.737. The van der Waals surface area contributed by atoms with Crippen LogP contribution in [0.2, 0.25) is 0 Å². The van der Waals surface area contributed by atoms with E-state index in [0.717, 1.165) is 31.5 Å². The van der Waals surface area contributed by atoms with Crippen molar-refractivity contribution in [3.8, 4) is 6.07 Å². The van der Waals surface area contributed by atoms with Gasteiger partial charge in [-0.25, -0.2) is 9.78 Å². The summed E-state index contributed by atoms with van der Waals surface area (Å²) >= 11 is 0. The summed E-state index contributed by atoms with van der Waals surface area (Å²) in [6, 6.07) is 11.0. The summed E-state index contributed by atoms with van der Waals surface area (Å²) in [4.78, 5) is 22.9. The summed E-state index contributed by atoms with van der Waals surface area (Å²) in [5.74, 6) is 1.51. The zero-order valence-corrected chi connectivity index (χ0v) is 16.1. The molecule has 0 radical (unpaired) electrons. The molecule has 3 N–H and O–H groups in total. The molecule has 1 saturated carbocycles. The monoisotopic (exact) mass is 379 g/mol. The first kappa shape index (κ1) is 19.4. The van der Waals surface area contributed by atoms with Crippen molar-refractivity contribution in [1.82, 2.24) is 15.3 Å². The van der Waals surface area contributed by atoms with E-state index in [1.807, 2.05) is 25.1 Å². The highest BCUT2D eigenvalue weighted by atomic mass is 16.2. The van der Waals surface area contributed by atoms with Gasteiger partial charge in [0.2, 0.25) is 5.95 Å². The van der Waals surface area contributed by atoms with E-state index in [1.54, 1.807) is 30.5 Å². The van der Waals surface area contributed by atoms with Crippen LogP contribution in [0.3, 0.4) is 0 Å². The van der Waals surface area contributed by atoms with Crippen LogP contribution in [0.4, 0.5) is 22.2 Å². The number of nitrogens with zero attached hydrogens (tertiary/aromatic N) is 4. The summed E-state index contributed by atoms with van der Waals surface area (Å²) < 4.78 is 0. The number of anilines is 3. The van der Waals surface area contributed by atoms with Gasteiger partial charge in [0.1, 0.15) is 5.82 Å². The lowest BCUT2D eigenvalue weighted by Crippen LogP contribution is -2.42. The summed E-state index contributed by atoms with van der Waals surface area (Å²) in [5.41, 5.74) is 1.24. The molecule has 8 heteroatoms. The number of carbonyl (C=O) groups excluding carboxylic acids is 1. The van der Waals surface area contributed by atoms with E-state index in [9.17, 15) is 4.79 Å². The number of benzene rings is 1. The second kappa shape index (κ2) is 9.04. The molecule has 0 bridgehead atoms. The maximum absolute atomic E-state index is 12.2. The zero-order chi connectivity index (χ0) is 19.9. The SMILES string of the molecule is CN(C)c1ccnc(N[C@H]2CC[C@@H](NC(=O)Nc3ccc(C#N)cc3)CC2)n1. The average molecular weight is 379 g/mol. The van der Waals surface area contributed by atoms with Crippen molar-refractivity contribution in [1.29, 1.82) is 5.26 Å². The van der Waals surface area contributed by atoms with Crippen LogP contribution in [-0.2, 0) is 0 Å². The van der Waals surface area contributed by atoms with Gasteiger partial charge in [-0.2, -0.15) is 10.2 Å². The van der Waals surface area contributed by atoms with Crippen LogP contribution in [0.5, 0.6) is 0 Å². The highest BCUT2D eigenvalue weighted by molar-refractivity contribution is 5.89. The fraction of sp³-hybridized carbons (Fsp3) is 0.400. The van der Waals surface area contributed by atoms with Crippen LogP contribution in [0.25, 0.3) is 0 Å². The van der Waals surface area contributed by atoms with E-state index < -0.39 is 0 Å². The molecule has 1 aliphatic rings. The summed E-state index contributed by atoms with van der Waals surface area (Å²) in [7, 11) is 3.90. The predicted octanol–water partition coefficient (Wildman–Crippen LogP) is 2.96. The molecule has 0 spiro atoms. The number of rotatable bonds is 5. The van der Waals surface area contributed by atoms with Crippen LogP contribution >= 0.6 is 0 Å². The molecule has 2 amide bonds. The molecule has 1 aromatic carbocycles. The van der Waals surface area contributed by atoms with Gasteiger partial charge < -0.3 is 20.9 Å². The van der Waals surface area contributed by atoms with Gasteiger partial charge in [-0.3, -0.25) is 0 Å². The molecule has 146 valence electrons. The molecule has 0 saturated heterocycles. The maximum atomic E-state index is 12.2. The number of aromatic nitrogens is 2. The van der Waals surface area contributed by atoms with E-state index in [2.05, 4.69) is 32.0 Å². The molecule has 0 aliphatic heterocycles. The minimum absolute atomic E-state index is 0.144. The Kier molecular flexibility index (Phi) is 6.27. The van der Waals surface area contributed by atoms with Crippen LogP contribution in [-0.4, -0.2) is 42.2 Å². The van der Waals surface area contributed by atoms with Crippen LogP contribution < -0.4 is 20.9 Å². The molecule has 0 atom stereocenters. The smallest absolute Gasteiger partial charge is 0.319 e. The molecule has 1 aliphatic carbocycles. The van der Waals surface area contributed by atoms with Crippen LogP contribution in [0.1, 0.15) is 31.2 Å². The Balaban J connectivity index is 1.44. The van der Waals surface area contributed by atoms with Crippen molar-refractivity contribution in [2.24, 2.45) is 0 Å². The van der Waals surface area contributed by atoms with Gasteiger partial charge in [0.05, 0.1) is 11.6 Å². The molecule has 1 aromatic heterocycles. The summed E-state index contributed by atoms with van der Waals surface area (Å²) in [6.45, 7) is 0. The summed E-state index contributed by atoms with van der Waals surface area (Å²) in [5, 5.41) is 18.0. The molecule has 1 heterocycles. The van der Waals surface area contributed by atoms with Gasteiger partial charge in [0.15, 0.2) is 0 Å². The molecular weight excluding hydrogens is 354 g/mol. The largest absolute Gasteiger partial charge is 0.363 e. The van der Waals surface area contributed by atoms with Gasteiger partial charge in [0.25, 0.3) is 0 Å². The Bertz CT molecular complexity index is 836. The number of urea groups is 1. The molecular formula is C20H25N7O. The molecule has 3 rings (SSSR count). The van der Waals surface area contributed by atoms with Crippen molar-refractivity contribution < 1.29 is 4.79 Å². The minimum Gasteiger partial charge on any atom is -0.363 e. The highest BCUT2D eigenvalue weighted by Crippen LogP contribution is 2.22. The first-order valence-electron chi connectivity index (χ1n) is 9.38. The second-order valence-corrected chi connectivity index (χ2v) is 7.11. The zero-order valence-electron chi connectivity index (χ0n) is 16.1. The van der Waals surface area contributed by atoms with Crippen molar-refractivity contribution in [3.63, 3.8) is 0 Å². The van der Waals surface area contributed by atoms with E-state index in [0.29, 0.717) is 23.2 Å². The van der Waals surface area contributed by atoms with Gasteiger partial charge in [-0.15, -0.1) is 0 Å². The van der Waals surface area contributed by atoms with Crippen LogP contribution in [0.15, 0.2) is 36.5 Å². The van der Waals surface area contributed by atoms with E-state index >= 15 is 0 Å². The average Bonchev–Trinajstić information content (AvgIpc) is 2.70. The second-order valence-electron chi connectivity index (χ2n) is 7.11. The fourth-order valence-electron chi connectivity index (χ4n) is 3.21. The Morgan fingerprint density at radius 3 is 2.43 bits per heavy atom. The number of nitrogens with one attached hydrogen (secondary N) is 3. The standard InChI is InChI=1S/C20H25N7O/c1-27(2)18-11-12-22-19(26-18)23-15-7-9-17(10-8-15)25-20(28)24-16-5-3-14(13-21)4-6-16/h3-6,11-12,15,17H,7-10H2,1-2H3,(H,22,23,26)(H2,24,25,28)/t15-,17+. The third-order valence-electron chi connectivity index (χ3n) is 4.77. The predicted molar refractivity (Wildman–Crippen MR) is 109 cm³/mol. The third kappa shape index (κ3) is 5.33. The normalized spacial score (nSPS) is 18.6. The Labute approximate surface area is 165 Å². The topological polar surface area (TPSA) is 106 Å². The number of amides is 2. The Hall–Kier alpha value is -3.34. The van der Waals surface area contributed by atoms with Crippen molar-refractivity contribution in [3.05, 3.63) is 42.1 Å². The first-order valence-corrected chi connectivity index (χ1v) is 9.38. The number of hydrogen-bond acceptors (Lipinski definition) is 6. The Morgan fingerprint density at radius 2 is 1.79 bits per heavy atom. The van der Waals surface area contributed by atoms with Crippen molar-refractivity contribution in [2.45, 2.75) is 37.8 Å². The Morgan fingerprint density at radius 1 is 1.11 bits per heavy atom.